The first-order chi connectivity index (χ1) is 9.91. The number of carboxylic acid groups (broad SMARTS) is 1. The monoisotopic (exact) mass is 303 g/mol. The number of thiophene rings is 1. The molecule has 0 saturated heterocycles. The highest BCUT2D eigenvalue weighted by Crippen LogP contribution is 2.50. The fourth-order valence-corrected chi connectivity index (χ4v) is 4.07. The van der Waals surface area contributed by atoms with E-state index in [1.165, 1.54) is 10.4 Å². The van der Waals surface area contributed by atoms with E-state index < -0.39 is 5.97 Å². The van der Waals surface area contributed by atoms with Crippen LogP contribution in [0, 0.1) is 0 Å². The van der Waals surface area contributed by atoms with Gasteiger partial charge in [0.25, 0.3) is 0 Å². The van der Waals surface area contributed by atoms with Gasteiger partial charge < -0.3 is 15.1 Å². The number of hydrogen-bond acceptors (Lipinski definition) is 4. The normalized spacial score (nSPS) is 15.4. The molecular weight excluding hydrogens is 286 g/mol. The van der Waals surface area contributed by atoms with Crippen LogP contribution in [0.4, 0.5) is 5.69 Å². The zero-order valence-corrected chi connectivity index (χ0v) is 12.8. The summed E-state index contributed by atoms with van der Waals surface area (Å²) < 4.78 is 0. The second-order valence-electron chi connectivity index (χ2n) is 5.72. The highest BCUT2D eigenvalue weighted by atomic mass is 32.1. The molecule has 0 atom stereocenters. The molecule has 0 radical (unpaired) electrons. The van der Waals surface area contributed by atoms with Crippen LogP contribution in [0.15, 0.2) is 29.6 Å². The molecule has 2 aromatic rings. The van der Waals surface area contributed by atoms with Gasteiger partial charge in [-0.1, -0.05) is 0 Å². The van der Waals surface area contributed by atoms with Crippen LogP contribution in [-0.4, -0.2) is 22.7 Å². The molecule has 1 aliphatic rings. The minimum Gasteiger partial charge on any atom is -0.508 e. The van der Waals surface area contributed by atoms with Crippen molar-refractivity contribution < 1.29 is 15.0 Å². The van der Waals surface area contributed by atoms with Crippen LogP contribution in [0.5, 0.6) is 5.75 Å². The van der Waals surface area contributed by atoms with Crippen LogP contribution >= 0.6 is 11.3 Å². The van der Waals surface area contributed by atoms with Crippen LogP contribution in [0.2, 0.25) is 0 Å². The number of anilines is 1. The lowest BCUT2D eigenvalue weighted by Crippen LogP contribution is -2.45. The first-order valence-electron chi connectivity index (χ1n) is 6.82. The third kappa shape index (κ3) is 2.17. The third-order valence-corrected chi connectivity index (χ3v) is 5.01. The van der Waals surface area contributed by atoms with Gasteiger partial charge in [0.1, 0.15) is 5.75 Å². The number of phenols is 1. The smallest absolute Gasteiger partial charge is 0.305 e. The lowest BCUT2D eigenvalue weighted by atomic mass is 9.85. The Morgan fingerprint density at radius 2 is 2.10 bits per heavy atom. The zero-order chi connectivity index (χ0) is 15.2. The van der Waals surface area contributed by atoms with Gasteiger partial charge in [-0.3, -0.25) is 4.79 Å². The van der Waals surface area contributed by atoms with Crippen molar-refractivity contribution in [3.63, 3.8) is 0 Å². The fraction of sp³-hybridized carbons (Fsp3) is 0.312. The molecule has 0 saturated carbocycles. The van der Waals surface area contributed by atoms with Crippen LogP contribution < -0.4 is 4.90 Å². The summed E-state index contributed by atoms with van der Waals surface area (Å²) in [6.07, 6.45) is 0.0675. The van der Waals surface area contributed by atoms with E-state index in [1.54, 1.807) is 23.5 Å². The Kier molecular flexibility index (Phi) is 3.17. The topological polar surface area (TPSA) is 60.8 Å². The van der Waals surface area contributed by atoms with Gasteiger partial charge in [-0.15, -0.1) is 11.3 Å². The second kappa shape index (κ2) is 4.77. The predicted molar refractivity (Wildman–Crippen MR) is 84.0 cm³/mol. The molecule has 0 amide bonds. The summed E-state index contributed by atoms with van der Waals surface area (Å²) in [4.78, 5) is 14.2. The molecule has 1 aliphatic heterocycles. The number of nitrogens with zero attached hydrogens (tertiary/aromatic N) is 1. The summed E-state index contributed by atoms with van der Waals surface area (Å²) in [5.74, 6) is -0.617. The Balaban J connectivity index is 2.16. The quantitative estimate of drug-likeness (QED) is 0.908. The van der Waals surface area contributed by atoms with E-state index in [0.717, 1.165) is 11.3 Å². The van der Waals surface area contributed by atoms with Gasteiger partial charge in [0, 0.05) is 28.7 Å². The molecule has 2 heterocycles. The van der Waals surface area contributed by atoms with Gasteiger partial charge in [-0.05, 0) is 43.0 Å². The average Bonchev–Trinajstić information content (AvgIpc) is 2.88. The van der Waals surface area contributed by atoms with E-state index in [0.29, 0.717) is 6.54 Å². The maximum absolute atomic E-state index is 11.0. The van der Waals surface area contributed by atoms with Crippen molar-refractivity contribution in [2.75, 3.05) is 11.4 Å². The number of hydrogen-bond donors (Lipinski definition) is 2. The molecule has 4 nitrogen and oxygen atoms in total. The summed E-state index contributed by atoms with van der Waals surface area (Å²) in [5, 5.41) is 20.9. The van der Waals surface area contributed by atoms with Gasteiger partial charge in [0.05, 0.1) is 12.0 Å². The number of rotatable bonds is 3. The summed E-state index contributed by atoms with van der Waals surface area (Å²) in [6.45, 7) is 4.59. The number of fused-ring (bicyclic) bond motifs is 3. The number of benzene rings is 1. The summed E-state index contributed by atoms with van der Waals surface area (Å²) in [6, 6.07) is 7.41. The Hall–Kier alpha value is -2.01. The Morgan fingerprint density at radius 3 is 2.81 bits per heavy atom. The second-order valence-corrected chi connectivity index (χ2v) is 6.64. The number of carbonyl (C=O) groups is 1. The molecule has 0 bridgehead atoms. The van der Waals surface area contributed by atoms with Crippen LogP contribution in [0.25, 0.3) is 10.4 Å². The lowest BCUT2D eigenvalue weighted by molar-refractivity contribution is -0.136. The molecule has 2 N–H and O–H groups in total. The van der Waals surface area contributed by atoms with Gasteiger partial charge in [0.2, 0.25) is 0 Å². The highest BCUT2D eigenvalue weighted by Gasteiger charge is 2.38. The van der Waals surface area contributed by atoms with E-state index >= 15 is 0 Å². The average molecular weight is 303 g/mol. The lowest BCUT2D eigenvalue weighted by Gasteiger charge is -2.45. The predicted octanol–water partition coefficient (Wildman–Crippen LogP) is 3.65. The third-order valence-electron chi connectivity index (χ3n) is 4.07. The van der Waals surface area contributed by atoms with E-state index in [9.17, 15) is 9.90 Å². The maximum Gasteiger partial charge on any atom is 0.305 e. The van der Waals surface area contributed by atoms with Crippen molar-refractivity contribution in [1.82, 2.24) is 0 Å². The van der Waals surface area contributed by atoms with E-state index in [-0.39, 0.29) is 17.7 Å². The van der Waals surface area contributed by atoms with Crippen molar-refractivity contribution in [2.24, 2.45) is 0 Å². The van der Waals surface area contributed by atoms with Crippen LogP contribution in [0.3, 0.4) is 0 Å². The molecule has 0 unspecified atom stereocenters. The molecule has 110 valence electrons. The van der Waals surface area contributed by atoms with E-state index in [2.05, 4.69) is 30.2 Å². The molecule has 21 heavy (non-hydrogen) atoms. The summed E-state index contributed by atoms with van der Waals surface area (Å²) in [5.41, 5.74) is 2.86. The fourth-order valence-electron chi connectivity index (χ4n) is 2.99. The Labute approximate surface area is 127 Å². The molecule has 1 aromatic carbocycles. The van der Waals surface area contributed by atoms with Gasteiger partial charge in [-0.25, -0.2) is 0 Å². The zero-order valence-electron chi connectivity index (χ0n) is 12.0. The maximum atomic E-state index is 11.0. The Bertz CT molecular complexity index is 705. The number of carboxylic acids is 1. The number of aromatic hydroxyl groups is 1. The molecular formula is C16H17NO3S. The summed E-state index contributed by atoms with van der Waals surface area (Å²) >= 11 is 1.68. The molecule has 3 rings (SSSR count). The van der Waals surface area contributed by atoms with Gasteiger partial charge in [0.15, 0.2) is 0 Å². The number of phenolic OH excluding ortho intramolecular Hbond substituents is 1. The van der Waals surface area contributed by atoms with Crippen LogP contribution in [-0.2, 0) is 10.3 Å². The minimum atomic E-state index is -0.816. The first-order valence-corrected chi connectivity index (χ1v) is 7.70. The first kappa shape index (κ1) is 13.9. The van der Waals surface area contributed by atoms with Crippen molar-refractivity contribution in [2.45, 2.75) is 25.8 Å². The van der Waals surface area contributed by atoms with E-state index in [4.69, 9.17) is 5.11 Å². The number of aliphatic carboxylic acids is 1. The largest absolute Gasteiger partial charge is 0.508 e. The Morgan fingerprint density at radius 1 is 1.33 bits per heavy atom. The van der Waals surface area contributed by atoms with Gasteiger partial charge >= 0.3 is 5.97 Å². The van der Waals surface area contributed by atoms with Crippen molar-refractivity contribution in [3.8, 4) is 16.2 Å². The summed E-state index contributed by atoms with van der Waals surface area (Å²) in [7, 11) is 0. The van der Waals surface area contributed by atoms with Crippen molar-refractivity contribution >= 4 is 23.0 Å². The molecule has 5 heteroatoms. The van der Waals surface area contributed by atoms with E-state index in [1.807, 2.05) is 6.07 Å². The van der Waals surface area contributed by atoms with Crippen LogP contribution in [0.1, 0.15) is 25.8 Å². The van der Waals surface area contributed by atoms with Crippen molar-refractivity contribution in [3.05, 3.63) is 35.2 Å². The molecule has 0 fully saturated rings. The van der Waals surface area contributed by atoms with Gasteiger partial charge in [-0.2, -0.15) is 0 Å². The SMILES string of the molecule is CC1(C)c2ccsc2-c2ccc(O)cc2N1CCC(=O)O. The standard InChI is InChI=1S/C16H17NO3S/c1-16(2)12-6-8-21-15(12)11-4-3-10(18)9-13(11)17(16)7-5-14(19)20/h3-4,6,8-9,18H,5,7H2,1-2H3,(H,19,20). The van der Waals surface area contributed by atoms with Crippen molar-refractivity contribution in [1.29, 1.82) is 0 Å². The minimum absolute atomic E-state index is 0.0675. The highest BCUT2D eigenvalue weighted by molar-refractivity contribution is 7.13. The molecule has 0 aliphatic carbocycles. The molecule has 0 spiro atoms. The molecule has 1 aromatic heterocycles.